The van der Waals surface area contributed by atoms with E-state index in [0.29, 0.717) is 18.0 Å². The Hall–Kier alpha value is -5.21. The van der Waals surface area contributed by atoms with Crippen molar-refractivity contribution in [1.82, 2.24) is 40.0 Å². The van der Waals surface area contributed by atoms with Crippen LogP contribution in [0.3, 0.4) is 0 Å². The Morgan fingerprint density at radius 1 is 1.09 bits per heavy atom. The van der Waals surface area contributed by atoms with Crippen LogP contribution in [0.25, 0.3) is 5.52 Å². The van der Waals surface area contributed by atoms with Crippen molar-refractivity contribution in [1.29, 1.82) is 0 Å². The molecule has 7 rings (SSSR count). The molecule has 14 heteroatoms. The van der Waals surface area contributed by atoms with Crippen LogP contribution in [0.4, 0.5) is 27.7 Å². The van der Waals surface area contributed by atoms with E-state index in [4.69, 9.17) is 4.98 Å². The maximum Gasteiger partial charge on any atom is 0.245 e. The zero-order chi connectivity index (χ0) is 31.0. The lowest BCUT2D eigenvalue weighted by molar-refractivity contribution is -0.105. The molecule has 6 heterocycles. The molecular weight excluding hydrogens is 617 g/mol. The molecule has 0 bridgehead atoms. The van der Waals surface area contributed by atoms with E-state index in [-0.39, 0.29) is 0 Å². The van der Waals surface area contributed by atoms with Gasteiger partial charge >= 0.3 is 0 Å². The van der Waals surface area contributed by atoms with E-state index in [9.17, 15) is 9.18 Å². The van der Waals surface area contributed by atoms with Crippen molar-refractivity contribution in [3.63, 3.8) is 0 Å². The van der Waals surface area contributed by atoms with Gasteiger partial charge in [0.2, 0.25) is 18.3 Å². The lowest BCUT2D eigenvalue weighted by atomic mass is 10.3. The number of amides is 1. The number of H-pyrrole nitrogens is 2. The molecule has 5 aromatic rings. The number of hydrogen-bond donors (Lipinski definition) is 4. The Labute approximate surface area is 257 Å². The van der Waals surface area contributed by atoms with Gasteiger partial charge in [-0.3, -0.25) is 15.0 Å². The van der Waals surface area contributed by atoms with Gasteiger partial charge in [-0.1, -0.05) is 0 Å². The van der Waals surface area contributed by atoms with Gasteiger partial charge in [0.05, 0.1) is 22.6 Å². The number of hydrogen-bond acceptors (Lipinski definition) is 8. The molecule has 1 amide bonds. The second-order valence-corrected chi connectivity index (χ2v) is 9.86. The maximum atomic E-state index is 12.1. The van der Waals surface area contributed by atoms with Crippen LogP contribution in [-0.2, 0) is 4.79 Å². The third-order valence-corrected chi connectivity index (χ3v) is 6.48. The van der Waals surface area contributed by atoms with E-state index < -0.39 is 5.95 Å². The fourth-order valence-electron chi connectivity index (χ4n) is 3.96. The Morgan fingerprint density at radius 3 is 2.44 bits per heavy atom. The highest BCUT2D eigenvalue weighted by Gasteiger charge is 2.26. The van der Waals surface area contributed by atoms with Gasteiger partial charge in [0, 0.05) is 43.2 Å². The molecule has 2 aliphatic rings. The monoisotopic (exact) mass is 647 g/mol. The van der Waals surface area contributed by atoms with E-state index in [1.807, 2.05) is 22.8 Å². The van der Waals surface area contributed by atoms with Crippen molar-refractivity contribution >= 4 is 51.1 Å². The van der Waals surface area contributed by atoms with Crippen LogP contribution < -0.4 is 15.5 Å². The lowest BCUT2D eigenvalue weighted by Crippen LogP contribution is -2.22. The number of aromatic amines is 2. The summed E-state index contributed by atoms with van der Waals surface area (Å²) in [6.45, 7) is 2.06. The molecule has 43 heavy (non-hydrogen) atoms. The SMILES string of the molecule is Brc1cn[nH]c1.C#C.C#C.O=CNc1ccc(F)nc1.c1cc2c(Nc3cc(C4CC4)[nH]n3)nc(N3CCCC3)nn2c1. The van der Waals surface area contributed by atoms with Gasteiger partial charge in [-0.2, -0.15) is 19.6 Å². The summed E-state index contributed by atoms with van der Waals surface area (Å²) in [4.78, 5) is 20.1. The Bertz CT molecular complexity index is 1560. The Kier molecular flexibility index (Phi) is 12.7. The van der Waals surface area contributed by atoms with Crippen molar-refractivity contribution < 1.29 is 9.18 Å². The number of terminal acetylenes is 2. The van der Waals surface area contributed by atoms with Gasteiger partial charge in [-0.05, 0) is 65.9 Å². The minimum absolute atomic E-state index is 0.483. The Morgan fingerprint density at radius 2 is 1.86 bits per heavy atom. The summed E-state index contributed by atoms with van der Waals surface area (Å²) >= 11 is 3.19. The predicted octanol–water partition coefficient (Wildman–Crippen LogP) is 5.13. The summed E-state index contributed by atoms with van der Waals surface area (Å²) < 4.78 is 15.0. The summed E-state index contributed by atoms with van der Waals surface area (Å²) in [6, 6.07) is 8.70. The van der Waals surface area contributed by atoms with E-state index in [1.165, 1.54) is 49.7 Å². The number of aromatic nitrogens is 8. The average Bonchev–Trinajstić information content (AvgIpc) is 3.53. The zero-order valence-corrected chi connectivity index (χ0v) is 24.8. The Balaban J connectivity index is 0.000000210. The number of pyridine rings is 1. The predicted molar refractivity (Wildman–Crippen MR) is 168 cm³/mol. The molecule has 0 aromatic carbocycles. The van der Waals surface area contributed by atoms with Gasteiger partial charge in [0.1, 0.15) is 5.52 Å². The maximum absolute atomic E-state index is 12.1. The van der Waals surface area contributed by atoms with Crippen LogP contribution in [0.1, 0.15) is 37.3 Å². The highest BCUT2D eigenvalue weighted by molar-refractivity contribution is 9.10. The average molecular weight is 649 g/mol. The molecule has 1 saturated heterocycles. The first-order valence-electron chi connectivity index (χ1n) is 13.1. The molecule has 12 nitrogen and oxygen atoms in total. The number of carbonyl (C=O) groups excluding carboxylic acids is 1. The number of rotatable bonds is 6. The van der Waals surface area contributed by atoms with Crippen molar-refractivity contribution in [2.45, 2.75) is 31.6 Å². The number of fused-ring (bicyclic) bond motifs is 1. The van der Waals surface area contributed by atoms with Gasteiger partial charge in [-0.25, -0.2) is 9.50 Å². The molecule has 0 unspecified atom stereocenters. The first-order valence-corrected chi connectivity index (χ1v) is 13.9. The molecular formula is C29H31BrFN11O. The van der Waals surface area contributed by atoms with Crippen LogP contribution in [-0.4, -0.2) is 59.5 Å². The van der Waals surface area contributed by atoms with Crippen molar-refractivity contribution in [3.05, 3.63) is 71.2 Å². The van der Waals surface area contributed by atoms with Gasteiger partial charge in [0.25, 0.3) is 0 Å². The number of anilines is 4. The standard InChI is InChI=1S/C16H19N7.C6H5FN2O.C3H3BrN2.2C2H2/c1-2-8-22(7-1)16-18-15(13-4-3-9-23(13)21-16)17-14-10-12(19-20-14)11-5-6-11;7-6-2-1-5(3-8-6)9-4-10;4-3-1-5-6-2-3;2*1-2/h3-4,9-11H,1-2,5-8H2,(H2,17,18,19,20,21);1-4H,(H,9,10);1-2H,(H,5,6);2*1-2H. The first kappa shape index (κ1) is 32.3. The van der Waals surface area contributed by atoms with Crippen LogP contribution in [0, 0.1) is 31.6 Å². The zero-order valence-electron chi connectivity index (χ0n) is 23.2. The van der Waals surface area contributed by atoms with E-state index >= 15 is 0 Å². The van der Waals surface area contributed by atoms with Crippen LogP contribution >= 0.6 is 15.9 Å². The van der Waals surface area contributed by atoms with Gasteiger partial charge < -0.3 is 15.5 Å². The van der Waals surface area contributed by atoms with Gasteiger partial charge in [0.15, 0.2) is 11.6 Å². The van der Waals surface area contributed by atoms with E-state index in [2.05, 4.69) is 93.7 Å². The largest absolute Gasteiger partial charge is 0.340 e. The van der Waals surface area contributed by atoms with Crippen molar-refractivity contribution in [2.24, 2.45) is 0 Å². The molecule has 0 spiro atoms. The summed E-state index contributed by atoms with van der Waals surface area (Å²) in [7, 11) is 0. The summed E-state index contributed by atoms with van der Waals surface area (Å²) in [5.41, 5.74) is 2.66. The third kappa shape index (κ3) is 9.69. The number of halogens is 2. The lowest BCUT2D eigenvalue weighted by Gasteiger charge is -2.16. The number of carbonyl (C=O) groups is 1. The molecule has 0 atom stereocenters. The quantitative estimate of drug-likeness (QED) is 0.113. The fourth-order valence-corrected chi connectivity index (χ4v) is 4.16. The highest BCUT2D eigenvalue weighted by atomic mass is 79.9. The normalized spacial score (nSPS) is 13.0. The van der Waals surface area contributed by atoms with Crippen molar-refractivity contribution in [2.75, 3.05) is 28.6 Å². The fraction of sp³-hybridized carbons (Fsp3) is 0.241. The van der Waals surface area contributed by atoms with E-state index in [0.717, 1.165) is 40.7 Å². The molecule has 0 radical (unpaired) electrons. The van der Waals surface area contributed by atoms with E-state index in [1.54, 1.807) is 12.4 Å². The highest BCUT2D eigenvalue weighted by Crippen LogP contribution is 2.39. The number of nitrogens with one attached hydrogen (secondary N) is 4. The molecule has 2 fully saturated rings. The smallest absolute Gasteiger partial charge is 0.245 e. The van der Waals surface area contributed by atoms with Crippen LogP contribution in [0.2, 0.25) is 0 Å². The number of nitrogens with zero attached hydrogens (tertiary/aromatic N) is 7. The van der Waals surface area contributed by atoms with Crippen LogP contribution in [0.15, 0.2) is 59.6 Å². The van der Waals surface area contributed by atoms with Crippen molar-refractivity contribution in [3.8, 4) is 25.7 Å². The molecule has 1 aliphatic heterocycles. The van der Waals surface area contributed by atoms with Crippen LogP contribution in [0.5, 0.6) is 0 Å². The minimum atomic E-state index is -0.559. The molecule has 5 aromatic heterocycles. The second-order valence-electron chi connectivity index (χ2n) is 8.95. The molecule has 1 aliphatic carbocycles. The minimum Gasteiger partial charge on any atom is -0.340 e. The van der Waals surface area contributed by atoms with Gasteiger partial charge in [-0.15, -0.1) is 30.8 Å². The molecule has 222 valence electrons. The summed E-state index contributed by atoms with van der Waals surface area (Å²) in [5.74, 6) is 2.52. The third-order valence-electron chi connectivity index (χ3n) is 6.05. The second kappa shape index (κ2) is 16.9. The summed E-state index contributed by atoms with van der Waals surface area (Å²) in [6.07, 6.45) is 28.1. The molecule has 4 N–H and O–H groups in total. The molecule has 1 saturated carbocycles. The summed E-state index contributed by atoms with van der Waals surface area (Å²) in [5, 5.41) is 24.1. The first-order chi connectivity index (χ1) is 21.1. The topological polar surface area (TPSA) is 145 Å².